The van der Waals surface area contributed by atoms with Gasteiger partial charge in [0.2, 0.25) is 0 Å². The summed E-state index contributed by atoms with van der Waals surface area (Å²) in [6.45, 7) is 9.90. The standard InChI is InChI=1S/C29H34N6O2S/c1-17-7-12-38-25(17)13-18(2)31-22-6-8-30-28(36)26(22)27-32-23-14-20-16-35(11-10-34-9-4-5-19(34)3)29(37)21(20)15-24(23)33-27/h6-8,12,14-15,18-19H,4-5,9-11,13,16H2,1-3H3,(H,32,33)(H2,30,31,36)/t18-,19+/m0/s1. The second-order valence-corrected chi connectivity index (χ2v) is 11.7. The molecule has 0 aliphatic carbocycles. The topological polar surface area (TPSA) is 97.1 Å². The summed E-state index contributed by atoms with van der Waals surface area (Å²) in [5.41, 5.74) is 5.54. The highest BCUT2D eigenvalue weighted by atomic mass is 32.1. The van der Waals surface area contributed by atoms with Crippen molar-refractivity contribution in [2.45, 2.75) is 58.7 Å². The number of aryl methyl sites for hydroxylation is 1. The second-order valence-electron chi connectivity index (χ2n) is 10.7. The Bertz CT molecular complexity index is 1550. The molecule has 1 saturated heterocycles. The van der Waals surface area contributed by atoms with E-state index in [0.717, 1.165) is 42.8 Å². The number of aromatic amines is 2. The number of aromatic nitrogens is 3. The molecule has 3 aromatic heterocycles. The first-order valence-corrected chi connectivity index (χ1v) is 14.3. The Kier molecular flexibility index (Phi) is 6.57. The first kappa shape index (κ1) is 24.9. The van der Waals surface area contributed by atoms with Crippen LogP contribution in [-0.4, -0.2) is 62.4 Å². The molecular weight excluding hydrogens is 496 g/mol. The Hall–Kier alpha value is -3.43. The van der Waals surface area contributed by atoms with Crippen LogP contribution in [0.2, 0.25) is 0 Å². The molecule has 2 aliphatic heterocycles. The zero-order chi connectivity index (χ0) is 26.4. The van der Waals surface area contributed by atoms with Gasteiger partial charge in [0.1, 0.15) is 11.4 Å². The Morgan fingerprint density at radius 1 is 1.24 bits per heavy atom. The van der Waals surface area contributed by atoms with Gasteiger partial charge in [0.15, 0.2) is 0 Å². The molecule has 8 nitrogen and oxygen atoms in total. The summed E-state index contributed by atoms with van der Waals surface area (Å²) in [6.07, 6.45) is 5.01. The van der Waals surface area contributed by atoms with Gasteiger partial charge in [0.25, 0.3) is 11.5 Å². The number of amides is 1. The van der Waals surface area contributed by atoms with Crippen molar-refractivity contribution in [2.75, 3.05) is 25.0 Å². The van der Waals surface area contributed by atoms with Gasteiger partial charge in [-0.2, -0.15) is 0 Å². The molecule has 2 aliphatic rings. The van der Waals surface area contributed by atoms with E-state index in [0.29, 0.717) is 35.1 Å². The first-order chi connectivity index (χ1) is 18.4. The molecule has 38 heavy (non-hydrogen) atoms. The average molecular weight is 531 g/mol. The van der Waals surface area contributed by atoms with Crippen molar-refractivity contribution in [2.24, 2.45) is 0 Å². The first-order valence-electron chi connectivity index (χ1n) is 13.4. The van der Waals surface area contributed by atoms with Crippen LogP contribution in [0.15, 0.2) is 40.6 Å². The predicted octanol–water partition coefficient (Wildman–Crippen LogP) is 4.77. The third-order valence-electron chi connectivity index (χ3n) is 7.99. The second kappa shape index (κ2) is 10.0. The number of nitrogens with zero attached hydrogens (tertiary/aromatic N) is 3. The SMILES string of the molecule is Cc1ccsc1C[C@H](C)Nc1cc[nH]c(=O)c1-c1nc2cc3c(cc2[nH]1)CN(CCN1CCC[C@H]1C)C3=O. The lowest BCUT2D eigenvalue weighted by molar-refractivity contribution is 0.0756. The molecule has 0 unspecified atom stereocenters. The highest BCUT2D eigenvalue weighted by Gasteiger charge is 2.30. The van der Waals surface area contributed by atoms with Gasteiger partial charge in [-0.25, -0.2) is 4.98 Å². The van der Waals surface area contributed by atoms with Gasteiger partial charge in [-0.3, -0.25) is 14.5 Å². The monoisotopic (exact) mass is 530 g/mol. The molecule has 6 rings (SSSR count). The molecule has 1 amide bonds. The van der Waals surface area contributed by atoms with Crippen LogP contribution in [-0.2, 0) is 13.0 Å². The number of H-pyrrole nitrogens is 2. The quantitative estimate of drug-likeness (QED) is 0.305. The molecule has 198 valence electrons. The minimum atomic E-state index is -0.209. The van der Waals surface area contributed by atoms with Gasteiger partial charge in [0, 0.05) is 54.8 Å². The van der Waals surface area contributed by atoms with E-state index in [9.17, 15) is 9.59 Å². The minimum Gasteiger partial charge on any atom is -0.381 e. The van der Waals surface area contributed by atoms with E-state index in [-0.39, 0.29) is 17.5 Å². The summed E-state index contributed by atoms with van der Waals surface area (Å²) in [7, 11) is 0. The number of carbonyl (C=O) groups excluding carboxylic acids is 1. The summed E-state index contributed by atoms with van der Waals surface area (Å²) in [4.78, 5) is 42.8. The average Bonchev–Trinajstić information content (AvgIpc) is 3.65. The zero-order valence-electron chi connectivity index (χ0n) is 22.1. The molecule has 0 bridgehead atoms. The number of fused-ring (bicyclic) bond motifs is 2. The maximum Gasteiger partial charge on any atom is 0.261 e. The Balaban J connectivity index is 1.23. The molecular formula is C29H34N6O2S. The van der Waals surface area contributed by atoms with Crippen molar-refractivity contribution >= 4 is 34.0 Å². The van der Waals surface area contributed by atoms with Crippen LogP contribution < -0.4 is 10.9 Å². The molecule has 0 saturated carbocycles. The highest BCUT2D eigenvalue weighted by molar-refractivity contribution is 7.10. The fourth-order valence-electron chi connectivity index (χ4n) is 5.79. The summed E-state index contributed by atoms with van der Waals surface area (Å²) < 4.78 is 0. The summed E-state index contributed by atoms with van der Waals surface area (Å²) in [5.74, 6) is 0.566. The van der Waals surface area contributed by atoms with Crippen LogP contribution in [0.3, 0.4) is 0 Å². The molecule has 1 aromatic carbocycles. The van der Waals surface area contributed by atoms with Crippen molar-refractivity contribution in [3.05, 3.63) is 67.8 Å². The molecule has 1 fully saturated rings. The number of pyridine rings is 1. The van der Waals surface area contributed by atoms with E-state index in [1.807, 2.05) is 23.1 Å². The number of likely N-dealkylation sites (tertiary alicyclic amines) is 1. The minimum absolute atomic E-state index is 0.0657. The maximum absolute atomic E-state index is 13.2. The fraction of sp³-hybridized carbons (Fsp3) is 0.414. The third-order valence-corrected chi connectivity index (χ3v) is 9.04. The van der Waals surface area contributed by atoms with E-state index >= 15 is 0 Å². The van der Waals surface area contributed by atoms with Crippen LogP contribution >= 0.6 is 11.3 Å². The van der Waals surface area contributed by atoms with E-state index in [4.69, 9.17) is 4.98 Å². The number of hydrogen-bond acceptors (Lipinski definition) is 6. The van der Waals surface area contributed by atoms with Crippen LogP contribution in [0.4, 0.5) is 5.69 Å². The van der Waals surface area contributed by atoms with Gasteiger partial charge in [-0.1, -0.05) is 0 Å². The summed E-state index contributed by atoms with van der Waals surface area (Å²) in [6, 6.07) is 8.63. The zero-order valence-corrected chi connectivity index (χ0v) is 23.0. The number of nitrogens with one attached hydrogen (secondary N) is 3. The lowest BCUT2D eigenvalue weighted by atomic mass is 10.1. The lowest BCUT2D eigenvalue weighted by Crippen LogP contribution is -2.36. The maximum atomic E-state index is 13.2. The number of carbonyl (C=O) groups is 1. The Morgan fingerprint density at radius 3 is 2.87 bits per heavy atom. The normalized spacial score (nSPS) is 18.4. The highest BCUT2D eigenvalue weighted by Crippen LogP contribution is 2.31. The Morgan fingerprint density at radius 2 is 2.11 bits per heavy atom. The van der Waals surface area contributed by atoms with Crippen molar-refractivity contribution in [3.63, 3.8) is 0 Å². The molecule has 0 radical (unpaired) electrons. The largest absolute Gasteiger partial charge is 0.381 e. The van der Waals surface area contributed by atoms with Gasteiger partial charge in [0.05, 0.1) is 16.7 Å². The molecule has 2 atom stereocenters. The molecule has 4 aromatic rings. The number of thiophene rings is 1. The van der Waals surface area contributed by atoms with Crippen LogP contribution in [0.25, 0.3) is 22.4 Å². The lowest BCUT2D eigenvalue weighted by Gasteiger charge is -2.24. The number of rotatable bonds is 8. The number of benzene rings is 1. The summed E-state index contributed by atoms with van der Waals surface area (Å²) >= 11 is 1.76. The van der Waals surface area contributed by atoms with Crippen molar-refractivity contribution < 1.29 is 4.79 Å². The van der Waals surface area contributed by atoms with Gasteiger partial charge >= 0.3 is 0 Å². The molecule has 0 spiro atoms. The molecule has 3 N–H and O–H groups in total. The van der Waals surface area contributed by atoms with E-state index in [1.54, 1.807) is 17.5 Å². The number of anilines is 1. The van der Waals surface area contributed by atoms with Crippen molar-refractivity contribution in [1.29, 1.82) is 0 Å². The van der Waals surface area contributed by atoms with Crippen molar-refractivity contribution in [3.8, 4) is 11.4 Å². The van der Waals surface area contributed by atoms with Crippen LogP contribution in [0.1, 0.15) is 53.1 Å². The molecule has 5 heterocycles. The fourth-order valence-corrected chi connectivity index (χ4v) is 6.83. The van der Waals surface area contributed by atoms with Gasteiger partial charge in [-0.15, -0.1) is 11.3 Å². The van der Waals surface area contributed by atoms with E-state index in [1.165, 1.54) is 23.3 Å². The number of imidazole rings is 1. The van der Waals surface area contributed by atoms with Gasteiger partial charge < -0.3 is 20.2 Å². The smallest absolute Gasteiger partial charge is 0.261 e. The van der Waals surface area contributed by atoms with Crippen LogP contribution in [0.5, 0.6) is 0 Å². The van der Waals surface area contributed by atoms with E-state index < -0.39 is 0 Å². The molecule has 9 heteroatoms. The summed E-state index contributed by atoms with van der Waals surface area (Å²) in [5, 5.41) is 5.63. The van der Waals surface area contributed by atoms with Crippen LogP contribution in [0, 0.1) is 6.92 Å². The number of hydrogen-bond donors (Lipinski definition) is 3. The Labute approximate surface area is 226 Å². The van der Waals surface area contributed by atoms with Gasteiger partial charge in [-0.05, 0) is 80.9 Å². The predicted molar refractivity (Wildman–Crippen MR) is 153 cm³/mol. The third kappa shape index (κ3) is 4.65. The van der Waals surface area contributed by atoms with Crippen molar-refractivity contribution in [1.82, 2.24) is 24.8 Å². The van der Waals surface area contributed by atoms with E-state index in [2.05, 4.69) is 52.4 Å².